The van der Waals surface area contributed by atoms with Crippen molar-refractivity contribution in [3.05, 3.63) is 52.2 Å². The molecule has 1 aromatic carbocycles. The second-order valence-electron chi connectivity index (χ2n) is 6.51. The smallest absolute Gasteiger partial charge is 0.340 e. The van der Waals surface area contributed by atoms with Crippen molar-refractivity contribution in [1.82, 2.24) is 30.7 Å². The van der Waals surface area contributed by atoms with E-state index in [1.807, 2.05) is 18.2 Å². The van der Waals surface area contributed by atoms with Gasteiger partial charge >= 0.3 is 5.69 Å². The highest BCUT2D eigenvalue weighted by molar-refractivity contribution is 5.88. The molecule has 0 unspecified atom stereocenters. The van der Waals surface area contributed by atoms with E-state index >= 15 is 0 Å². The van der Waals surface area contributed by atoms with Gasteiger partial charge < -0.3 is 10.6 Å². The molecule has 9 nitrogen and oxygen atoms in total. The van der Waals surface area contributed by atoms with Crippen molar-refractivity contribution >= 4 is 11.8 Å². The number of nitrogens with one attached hydrogen (secondary N) is 4. The number of carbonyl (C=O) groups is 2. The molecular formula is C18H24N6O3. The first-order valence-electron chi connectivity index (χ1n) is 9.08. The number of hydrogen-bond donors (Lipinski definition) is 4. The highest BCUT2D eigenvalue weighted by atomic mass is 16.2. The maximum absolute atomic E-state index is 12.3. The number of piperazine rings is 1. The van der Waals surface area contributed by atoms with E-state index in [-0.39, 0.29) is 23.9 Å². The van der Waals surface area contributed by atoms with Crippen molar-refractivity contribution in [3.63, 3.8) is 0 Å². The van der Waals surface area contributed by atoms with Crippen molar-refractivity contribution in [2.45, 2.75) is 25.3 Å². The highest BCUT2D eigenvalue weighted by Gasteiger charge is 2.31. The molecule has 1 atom stereocenters. The molecule has 27 heavy (non-hydrogen) atoms. The number of hydrogen-bond acceptors (Lipinski definition) is 5. The van der Waals surface area contributed by atoms with Crippen molar-refractivity contribution < 1.29 is 9.59 Å². The van der Waals surface area contributed by atoms with Crippen LogP contribution in [0.5, 0.6) is 0 Å². The maximum atomic E-state index is 12.3. The summed E-state index contributed by atoms with van der Waals surface area (Å²) < 4.78 is 0. The van der Waals surface area contributed by atoms with Gasteiger partial charge in [0.2, 0.25) is 11.8 Å². The zero-order valence-corrected chi connectivity index (χ0v) is 15.0. The fourth-order valence-electron chi connectivity index (χ4n) is 3.16. The van der Waals surface area contributed by atoms with Gasteiger partial charge in [0.05, 0.1) is 12.5 Å². The second kappa shape index (κ2) is 9.13. The number of aromatic amines is 2. The van der Waals surface area contributed by atoms with E-state index in [4.69, 9.17) is 0 Å². The molecule has 0 spiro atoms. The summed E-state index contributed by atoms with van der Waals surface area (Å²) >= 11 is 0. The summed E-state index contributed by atoms with van der Waals surface area (Å²) in [6.07, 6.45) is 1.36. The van der Waals surface area contributed by atoms with E-state index in [0.717, 1.165) is 19.5 Å². The van der Waals surface area contributed by atoms with Crippen molar-refractivity contribution in [2.24, 2.45) is 0 Å². The third kappa shape index (κ3) is 5.52. The molecule has 0 aliphatic carbocycles. The van der Waals surface area contributed by atoms with E-state index in [1.54, 1.807) is 0 Å². The Kier molecular flexibility index (Phi) is 6.37. The molecule has 144 valence electrons. The van der Waals surface area contributed by atoms with Crippen LogP contribution in [0.3, 0.4) is 0 Å². The molecule has 2 amide bonds. The fraction of sp³-hybridized carbons (Fsp3) is 0.444. The van der Waals surface area contributed by atoms with Gasteiger partial charge in [-0.05, 0) is 12.0 Å². The lowest BCUT2D eigenvalue weighted by atomic mass is 10.1. The number of benzene rings is 1. The molecule has 0 radical (unpaired) electrons. The number of nitrogens with zero attached hydrogens (tertiary/aromatic N) is 2. The van der Waals surface area contributed by atoms with Crippen LogP contribution < -0.4 is 16.3 Å². The SMILES string of the molecule is O=C(C[C@@H]1C(=O)NCCN1CCc1ccccc1)NCCc1n[nH]c(=O)[nH]1. The predicted octanol–water partition coefficient (Wildman–Crippen LogP) is -0.810. The first-order valence-corrected chi connectivity index (χ1v) is 9.08. The summed E-state index contributed by atoms with van der Waals surface area (Å²) in [5.74, 6) is 0.181. The summed E-state index contributed by atoms with van der Waals surface area (Å²) in [7, 11) is 0. The normalized spacial score (nSPS) is 17.5. The standard InChI is InChI=1S/C18H24N6O3/c25-16(19-8-6-15-21-18(27)23-22-15)12-14-17(26)20-9-11-24(14)10-7-13-4-2-1-3-5-13/h1-5,14H,6-12H2,(H,19,25)(H,20,26)(H2,21,22,23,27)/t14-/m1/s1. The third-order valence-corrected chi connectivity index (χ3v) is 4.59. The highest BCUT2D eigenvalue weighted by Crippen LogP contribution is 2.11. The van der Waals surface area contributed by atoms with Gasteiger partial charge in [-0.3, -0.25) is 19.5 Å². The average molecular weight is 372 g/mol. The van der Waals surface area contributed by atoms with E-state index in [1.165, 1.54) is 5.56 Å². The van der Waals surface area contributed by atoms with Crippen LogP contribution in [-0.4, -0.2) is 64.1 Å². The molecule has 2 aromatic rings. The average Bonchev–Trinajstić information content (AvgIpc) is 3.08. The van der Waals surface area contributed by atoms with Crippen LogP contribution in [0.2, 0.25) is 0 Å². The summed E-state index contributed by atoms with van der Waals surface area (Å²) in [6, 6.07) is 9.62. The zero-order valence-electron chi connectivity index (χ0n) is 15.0. The molecule has 1 aliphatic heterocycles. The fourth-order valence-corrected chi connectivity index (χ4v) is 3.16. The number of carbonyl (C=O) groups excluding carboxylic acids is 2. The third-order valence-electron chi connectivity index (χ3n) is 4.59. The number of H-pyrrole nitrogens is 2. The lowest BCUT2D eigenvalue weighted by Crippen LogP contribution is -2.56. The first kappa shape index (κ1) is 18.8. The molecular weight excluding hydrogens is 348 g/mol. The Bertz CT molecular complexity index is 816. The van der Waals surface area contributed by atoms with Crippen molar-refractivity contribution in [3.8, 4) is 0 Å². The van der Waals surface area contributed by atoms with Crippen LogP contribution in [0.25, 0.3) is 0 Å². The zero-order chi connectivity index (χ0) is 19.1. The molecule has 1 fully saturated rings. The molecule has 3 rings (SSSR count). The minimum Gasteiger partial charge on any atom is -0.356 e. The quantitative estimate of drug-likeness (QED) is 0.483. The molecule has 0 bridgehead atoms. The van der Waals surface area contributed by atoms with Crippen molar-refractivity contribution in [1.29, 1.82) is 0 Å². The number of rotatable bonds is 8. The molecule has 0 saturated carbocycles. The van der Waals surface area contributed by atoms with Crippen LogP contribution >= 0.6 is 0 Å². The minimum atomic E-state index is -0.465. The molecule has 9 heteroatoms. The Morgan fingerprint density at radius 2 is 2.04 bits per heavy atom. The van der Waals surface area contributed by atoms with E-state index < -0.39 is 6.04 Å². The Labute approximate surface area is 156 Å². The summed E-state index contributed by atoms with van der Waals surface area (Å²) in [6.45, 7) is 2.39. The van der Waals surface area contributed by atoms with Gasteiger partial charge in [-0.2, -0.15) is 5.10 Å². The Balaban J connectivity index is 1.49. The van der Waals surface area contributed by atoms with Crippen LogP contribution in [0.1, 0.15) is 17.8 Å². The topological polar surface area (TPSA) is 123 Å². The Morgan fingerprint density at radius 3 is 2.78 bits per heavy atom. The monoisotopic (exact) mass is 372 g/mol. The number of aromatic nitrogens is 3. The predicted molar refractivity (Wildman–Crippen MR) is 99.1 cm³/mol. The molecule has 1 saturated heterocycles. The lowest BCUT2D eigenvalue weighted by molar-refractivity contribution is -0.133. The van der Waals surface area contributed by atoms with Crippen LogP contribution in [0.4, 0.5) is 0 Å². The Hall–Kier alpha value is -2.94. The van der Waals surface area contributed by atoms with Crippen LogP contribution in [0, 0.1) is 0 Å². The largest absolute Gasteiger partial charge is 0.356 e. The Morgan fingerprint density at radius 1 is 1.22 bits per heavy atom. The molecule has 1 aliphatic rings. The molecule has 4 N–H and O–H groups in total. The van der Waals surface area contributed by atoms with Gasteiger partial charge in [-0.15, -0.1) is 0 Å². The lowest BCUT2D eigenvalue weighted by Gasteiger charge is -2.34. The van der Waals surface area contributed by atoms with E-state index in [9.17, 15) is 14.4 Å². The van der Waals surface area contributed by atoms with Gasteiger partial charge in [0.25, 0.3) is 0 Å². The van der Waals surface area contributed by atoms with Gasteiger partial charge in [-0.1, -0.05) is 30.3 Å². The van der Waals surface area contributed by atoms with Crippen molar-refractivity contribution in [2.75, 3.05) is 26.2 Å². The summed E-state index contributed by atoms with van der Waals surface area (Å²) in [5, 5.41) is 11.7. The second-order valence-corrected chi connectivity index (χ2v) is 6.51. The number of amides is 2. The summed E-state index contributed by atoms with van der Waals surface area (Å²) in [5.41, 5.74) is 0.837. The van der Waals surface area contributed by atoms with Crippen LogP contribution in [0.15, 0.2) is 35.1 Å². The van der Waals surface area contributed by atoms with E-state index in [0.29, 0.717) is 25.3 Å². The van der Waals surface area contributed by atoms with Gasteiger partial charge in [0.15, 0.2) is 0 Å². The van der Waals surface area contributed by atoms with Gasteiger partial charge in [0.1, 0.15) is 5.82 Å². The maximum Gasteiger partial charge on any atom is 0.340 e. The summed E-state index contributed by atoms with van der Waals surface area (Å²) in [4.78, 5) is 40.1. The van der Waals surface area contributed by atoms with Crippen LogP contribution in [-0.2, 0) is 22.4 Å². The van der Waals surface area contributed by atoms with Gasteiger partial charge in [-0.25, -0.2) is 9.89 Å². The minimum absolute atomic E-state index is 0.109. The molecule has 2 heterocycles. The van der Waals surface area contributed by atoms with Gasteiger partial charge in [0, 0.05) is 32.6 Å². The first-order chi connectivity index (χ1) is 13.1. The molecule has 1 aromatic heterocycles. The van der Waals surface area contributed by atoms with E-state index in [2.05, 4.69) is 42.8 Å².